The molecule has 5 N–H and O–H groups in total. The van der Waals surface area contributed by atoms with Crippen molar-refractivity contribution in [3.05, 3.63) is 78.6 Å². The molecule has 4 rings (SSSR count). The summed E-state index contributed by atoms with van der Waals surface area (Å²) in [5, 5.41) is 3.27. The molecular weight excluding hydrogens is 416 g/mol. The van der Waals surface area contributed by atoms with Gasteiger partial charge in [0.1, 0.15) is 17.3 Å². The molecule has 0 radical (unpaired) electrons. The number of nitrogen functional groups attached to an aromatic ring is 2. The number of ether oxygens (including phenoxy) is 2. The van der Waals surface area contributed by atoms with Gasteiger partial charge in [-0.1, -0.05) is 42.5 Å². The fourth-order valence-electron chi connectivity index (χ4n) is 3.42. The average molecular weight is 443 g/mol. The van der Waals surface area contributed by atoms with Crippen molar-refractivity contribution in [2.24, 2.45) is 0 Å². The second kappa shape index (κ2) is 10.5. The lowest BCUT2D eigenvalue weighted by atomic mass is 9.99. The van der Waals surface area contributed by atoms with E-state index in [1.807, 2.05) is 66.7 Å². The van der Waals surface area contributed by atoms with Crippen LogP contribution < -0.4 is 21.5 Å². The highest BCUT2D eigenvalue weighted by atomic mass is 16.5. The van der Waals surface area contributed by atoms with Crippen LogP contribution >= 0.6 is 0 Å². The van der Waals surface area contributed by atoms with Crippen molar-refractivity contribution in [1.82, 2.24) is 20.3 Å². The summed E-state index contributed by atoms with van der Waals surface area (Å²) in [6.07, 6.45) is 1.73. The minimum atomic E-state index is 0.139. The number of nitrogens with one attached hydrogen (secondary N) is 1. The highest BCUT2D eigenvalue weighted by Crippen LogP contribution is 2.36. The van der Waals surface area contributed by atoms with E-state index in [1.54, 1.807) is 13.3 Å². The molecule has 0 amide bonds. The van der Waals surface area contributed by atoms with E-state index in [2.05, 4.69) is 20.3 Å². The zero-order valence-corrected chi connectivity index (χ0v) is 18.4. The Morgan fingerprint density at radius 2 is 1.67 bits per heavy atom. The summed E-state index contributed by atoms with van der Waals surface area (Å²) in [5.41, 5.74) is 16.2. The first-order valence-corrected chi connectivity index (χ1v) is 10.6. The van der Waals surface area contributed by atoms with Crippen LogP contribution in [0.5, 0.6) is 11.5 Å². The fraction of sp³-hybridized carbons (Fsp3) is 0.160. The molecule has 0 bridgehead atoms. The summed E-state index contributed by atoms with van der Waals surface area (Å²) in [6, 6.07) is 21.1. The van der Waals surface area contributed by atoms with Crippen LogP contribution in [0, 0.1) is 0 Å². The van der Waals surface area contributed by atoms with Crippen molar-refractivity contribution in [1.29, 1.82) is 0 Å². The molecule has 0 spiro atoms. The molecule has 2 aromatic carbocycles. The van der Waals surface area contributed by atoms with E-state index in [0.29, 0.717) is 36.2 Å². The van der Waals surface area contributed by atoms with E-state index < -0.39 is 0 Å². The third kappa shape index (κ3) is 5.62. The van der Waals surface area contributed by atoms with E-state index in [0.717, 1.165) is 28.9 Å². The van der Waals surface area contributed by atoms with Gasteiger partial charge in [-0.05, 0) is 23.8 Å². The summed E-state index contributed by atoms with van der Waals surface area (Å²) < 4.78 is 11.1. The van der Waals surface area contributed by atoms with Gasteiger partial charge < -0.3 is 26.3 Å². The largest absolute Gasteiger partial charge is 0.457 e. The second-order valence-electron chi connectivity index (χ2n) is 7.34. The molecule has 0 aliphatic carbocycles. The molecule has 0 unspecified atom stereocenters. The molecular formula is C25H26N6O2. The Bertz CT molecular complexity index is 1200. The van der Waals surface area contributed by atoms with E-state index in [4.69, 9.17) is 20.9 Å². The number of hydrogen-bond acceptors (Lipinski definition) is 8. The molecule has 8 nitrogen and oxygen atoms in total. The van der Waals surface area contributed by atoms with Crippen LogP contribution in [0.25, 0.3) is 22.4 Å². The third-order valence-electron chi connectivity index (χ3n) is 4.96. The summed E-state index contributed by atoms with van der Waals surface area (Å²) in [4.78, 5) is 13.0. The SMILES string of the molecule is COCCNCc1cc(Oc2ccc(-c3c(N)nc(N)nc3-c3ccccc3)cc2)ccn1. The Hall–Kier alpha value is -4.01. The molecule has 0 fully saturated rings. The Balaban J connectivity index is 1.54. The number of pyridine rings is 1. The summed E-state index contributed by atoms with van der Waals surface area (Å²) in [7, 11) is 1.68. The first-order chi connectivity index (χ1) is 16.1. The molecule has 4 aromatic rings. The third-order valence-corrected chi connectivity index (χ3v) is 4.96. The normalized spacial score (nSPS) is 10.8. The lowest BCUT2D eigenvalue weighted by molar-refractivity contribution is 0.199. The molecule has 0 atom stereocenters. The monoisotopic (exact) mass is 442 g/mol. The molecule has 2 aromatic heterocycles. The maximum absolute atomic E-state index is 6.25. The number of hydrogen-bond donors (Lipinski definition) is 3. The van der Waals surface area contributed by atoms with Gasteiger partial charge in [0.2, 0.25) is 5.95 Å². The summed E-state index contributed by atoms with van der Waals surface area (Å²) in [6.45, 7) is 2.05. The number of anilines is 2. The first-order valence-electron chi connectivity index (χ1n) is 10.6. The van der Waals surface area contributed by atoms with Crippen molar-refractivity contribution >= 4 is 11.8 Å². The Labute approximate surface area is 192 Å². The van der Waals surface area contributed by atoms with Crippen molar-refractivity contribution < 1.29 is 9.47 Å². The average Bonchev–Trinajstić information content (AvgIpc) is 2.83. The minimum absolute atomic E-state index is 0.139. The molecule has 0 saturated carbocycles. The second-order valence-corrected chi connectivity index (χ2v) is 7.34. The summed E-state index contributed by atoms with van der Waals surface area (Å²) >= 11 is 0. The van der Waals surface area contributed by atoms with Gasteiger partial charge >= 0.3 is 0 Å². The number of methoxy groups -OCH3 is 1. The smallest absolute Gasteiger partial charge is 0.222 e. The van der Waals surface area contributed by atoms with Crippen LogP contribution in [0.1, 0.15) is 5.69 Å². The van der Waals surface area contributed by atoms with Gasteiger partial charge in [0.05, 0.1) is 23.6 Å². The van der Waals surface area contributed by atoms with Crippen LogP contribution in [-0.4, -0.2) is 35.2 Å². The van der Waals surface area contributed by atoms with Gasteiger partial charge in [-0.2, -0.15) is 4.98 Å². The predicted octanol–water partition coefficient (Wildman–Crippen LogP) is 3.90. The zero-order chi connectivity index (χ0) is 23.0. The van der Waals surface area contributed by atoms with Gasteiger partial charge in [0, 0.05) is 38.0 Å². The molecule has 0 saturated heterocycles. The lowest BCUT2D eigenvalue weighted by Gasteiger charge is -2.13. The number of nitrogens with two attached hydrogens (primary N) is 2. The predicted molar refractivity (Wildman–Crippen MR) is 130 cm³/mol. The van der Waals surface area contributed by atoms with Crippen LogP contribution in [-0.2, 0) is 11.3 Å². The molecule has 168 valence electrons. The number of rotatable bonds is 9. The molecule has 33 heavy (non-hydrogen) atoms. The van der Waals surface area contributed by atoms with Crippen molar-refractivity contribution in [3.63, 3.8) is 0 Å². The highest BCUT2D eigenvalue weighted by Gasteiger charge is 2.15. The van der Waals surface area contributed by atoms with E-state index in [9.17, 15) is 0 Å². The Morgan fingerprint density at radius 1 is 0.879 bits per heavy atom. The lowest BCUT2D eigenvalue weighted by Crippen LogP contribution is -2.19. The molecule has 0 aliphatic rings. The van der Waals surface area contributed by atoms with Gasteiger partial charge in [0.25, 0.3) is 0 Å². The van der Waals surface area contributed by atoms with Gasteiger partial charge in [-0.15, -0.1) is 0 Å². The topological polar surface area (TPSA) is 121 Å². The Morgan fingerprint density at radius 3 is 2.42 bits per heavy atom. The maximum atomic E-state index is 6.25. The molecule has 0 aliphatic heterocycles. The highest BCUT2D eigenvalue weighted by molar-refractivity contribution is 5.88. The fourth-order valence-corrected chi connectivity index (χ4v) is 3.42. The number of nitrogens with zero attached hydrogens (tertiary/aromatic N) is 3. The molecule has 8 heteroatoms. The molecule has 2 heterocycles. The number of benzene rings is 2. The van der Waals surface area contributed by atoms with Crippen molar-refractivity contribution in [2.75, 3.05) is 31.7 Å². The van der Waals surface area contributed by atoms with Gasteiger partial charge in [0.15, 0.2) is 0 Å². The van der Waals surface area contributed by atoms with Gasteiger partial charge in [-0.25, -0.2) is 4.98 Å². The van der Waals surface area contributed by atoms with Crippen molar-refractivity contribution in [3.8, 4) is 33.9 Å². The van der Waals surface area contributed by atoms with Crippen LogP contribution in [0.2, 0.25) is 0 Å². The van der Waals surface area contributed by atoms with Crippen LogP contribution in [0.15, 0.2) is 72.9 Å². The van der Waals surface area contributed by atoms with E-state index in [-0.39, 0.29) is 5.95 Å². The minimum Gasteiger partial charge on any atom is -0.457 e. The van der Waals surface area contributed by atoms with Gasteiger partial charge in [-0.3, -0.25) is 4.98 Å². The number of aromatic nitrogens is 3. The van der Waals surface area contributed by atoms with Crippen LogP contribution in [0.4, 0.5) is 11.8 Å². The van der Waals surface area contributed by atoms with Crippen molar-refractivity contribution in [2.45, 2.75) is 6.54 Å². The van der Waals surface area contributed by atoms with E-state index in [1.165, 1.54) is 0 Å². The standard InChI is InChI=1S/C25H26N6O2/c1-32-14-13-28-16-19-15-21(11-12-29-19)33-20-9-7-17(8-10-20)22-23(18-5-3-2-4-6-18)30-25(27)31-24(22)26/h2-12,15,28H,13-14,16H2,1H3,(H4,26,27,30,31). The Kier molecular flexibility index (Phi) is 7.09. The quantitative estimate of drug-likeness (QED) is 0.334. The first kappa shape index (κ1) is 22.2. The maximum Gasteiger partial charge on any atom is 0.222 e. The van der Waals surface area contributed by atoms with Crippen LogP contribution in [0.3, 0.4) is 0 Å². The van der Waals surface area contributed by atoms with E-state index >= 15 is 0 Å². The zero-order valence-electron chi connectivity index (χ0n) is 18.4. The summed E-state index contributed by atoms with van der Waals surface area (Å²) in [5.74, 6) is 1.87.